The number of rotatable bonds is 5. The molecule has 1 amide bonds. The first-order valence-electron chi connectivity index (χ1n) is 8.66. The van der Waals surface area contributed by atoms with E-state index in [1.54, 1.807) is 17.0 Å². The van der Waals surface area contributed by atoms with Crippen LogP contribution in [0.25, 0.3) is 0 Å². The van der Waals surface area contributed by atoms with Crippen molar-refractivity contribution in [2.45, 2.75) is 25.0 Å². The summed E-state index contributed by atoms with van der Waals surface area (Å²) < 4.78 is 19.2. The Morgan fingerprint density at radius 3 is 2.80 bits per heavy atom. The van der Waals surface area contributed by atoms with Gasteiger partial charge in [0.1, 0.15) is 11.6 Å². The standard InChI is InChI=1S/C18H25FN2O3S/c1-24-15-3-4-16(19)14(11-15)12-21-6-2-5-18(23,17(21)22)13-20-7-9-25-10-8-20/h3-4,11,23H,2,5-10,12-13H2,1H3. The highest BCUT2D eigenvalue weighted by molar-refractivity contribution is 7.99. The van der Waals surface area contributed by atoms with E-state index >= 15 is 0 Å². The van der Waals surface area contributed by atoms with Crippen molar-refractivity contribution in [3.63, 3.8) is 0 Å². The molecule has 25 heavy (non-hydrogen) atoms. The zero-order chi connectivity index (χ0) is 17.9. The second-order valence-electron chi connectivity index (χ2n) is 6.71. The van der Waals surface area contributed by atoms with E-state index in [2.05, 4.69) is 4.90 Å². The van der Waals surface area contributed by atoms with E-state index in [4.69, 9.17) is 4.74 Å². The summed E-state index contributed by atoms with van der Waals surface area (Å²) in [5.74, 6) is 1.96. The summed E-state index contributed by atoms with van der Waals surface area (Å²) in [4.78, 5) is 16.6. The number of aliphatic hydroxyl groups is 1. The summed E-state index contributed by atoms with van der Waals surface area (Å²) in [5.41, 5.74) is -0.957. The van der Waals surface area contributed by atoms with Crippen LogP contribution in [-0.4, -0.2) is 71.2 Å². The van der Waals surface area contributed by atoms with Crippen molar-refractivity contribution >= 4 is 17.7 Å². The summed E-state index contributed by atoms with van der Waals surface area (Å²) in [5, 5.41) is 11.0. The predicted octanol–water partition coefficient (Wildman–Crippen LogP) is 1.74. The summed E-state index contributed by atoms with van der Waals surface area (Å²) >= 11 is 1.90. The lowest BCUT2D eigenvalue weighted by atomic mass is 9.90. The molecule has 5 nitrogen and oxygen atoms in total. The lowest BCUT2D eigenvalue weighted by Crippen LogP contribution is -2.59. The Bertz CT molecular complexity index is 624. The van der Waals surface area contributed by atoms with Gasteiger partial charge >= 0.3 is 0 Å². The molecule has 0 radical (unpaired) electrons. The van der Waals surface area contributed by atoms with Gasteiger partial charge in [-0.05, 0) is 31.0 Å². The number of methoxy groups -OCH3 is 1. The van der Waals surface area contributed by atoms with Gasteiger partial charge in [-0.3, -0.25) is 9.69 Å². The molecule has 138 valence electrons. The van der Waals surface area contributed by atoms with Gasteiger partial charge in [0.05, 0.1) is 7.11 Å². The van der Waals surface area contributed by atoms with Gasteiger partial charge in [0.25, 0.3) is 5.91 Å². The highest BCUT2D eigenvalue weighted by atomic mass is 32.2. The number of carbonyl (C=O) groups is 1. The Hall–Kier alpha value is -1.31. The zero-order valence-electron chi connectivity index (χ0n) is 14.5. The zero-order valence-corrected chi connectivity index (χ0v) is 15.4. The van der Waals surface area contributed by atoms with Crippen LogP contribution in [-0.2, 0) is 11.3 Å². The fourth-order valence-corrected chi connectivity index (χ4v) is 4.48. The fraction of sp³-hybridized carbons (Fsp3) is 0.611. The number of amides is 1. The van der Waals surface area contributed by atoms with Crippen molar-refractivity contribution in [2.24, 2.45) is 0 Å². The normalized spacial score (nSPS) is 25.2. The third kappa shape index (κ3) is 4.27. The molecule has 0 aromatic heterocycles. The predicted molar refractivity (Wildman–Crippen MR) is 96.3 cm³/mol. The van der Waals surface area contributed by atoms with Crippen LogP contribution in [0.3, 0.4) is 0 Å². The van der Waals surface area contributed by atoms with Crippen LogP contribution in [0.5, 0.6) is 5.75 Å². The molecular formula is C18H25FN2O3S. The van der Waals surface area contributed by atoms with E-state index in [1.807, 2.05) is 11.8 Å². The monoisotopic (exact) mass is 368 g/mol. The largest absolute Gasteiger partial charge is 0.497 e. The Balaban J connectivity index is 1.71. The SMILES string of the molecule is COc1ccc(F)c(CN2CCCC(O)(CN3CCSCC3)C2=O)c1. The van der Waals surface area contributed by atoms with Gasteiger partial charge in [0.2, 0.25) is 0 Å². The second kappa shape index (κ2) is 7.93. The lowest BCUT2D eigenvalue weighted by molar-refractivity contribution is -0.160. The van der Waals surface area contributed by atoms with E-state index in [-0.39, 0.29) is 18.3 Å². The average molecular weight is 368 g/mol. The maximum Gasteiger partial charge on any atom is 0.256 e. The molecule has 2 heterocycles. The number of hydrogen-bond donors (Lipinski definition) is 1. The quantitative estimate of drug-likeness (QED) is 0.858. The fourth-order valence-electron chi connectivity index (χ4n) is 3.50. The van der Waals surface area contributed by atoms with Gasteiger partial charge in [-0.2, -0.15) is 11.8 Å². The number of halogens is 1. The molecule has 1 N–H and O–H groups in total. The maximum absolute atomic E-state index is 14.1. The third-order valence-electron chi connectivity index (χ3n) is 4.91. The van der Waals surface area contributed by atoms with Gasteiger partial charge in [-0.25, -0.2) is 4.39 Å². The average Bonchev–Trinajstić information content (AvgIpc) is 2.62. The highest BCUT2D eigenvalue weighted by Gasteiger charge is 2.43. The molecule has 1 unspecified atom stereocenters. The molecule has 2 saturated heterocycles. The van der Waals surface area contributed by atoms with Crippen LogP contribution in [0, 0.1) is 5.82 Å². The minimum absolute atomic E-state index is 0.153. The van der Waals surface area contributed by atoms with Crippen molar-refractivity contribution in [3.8, 4) is 5.75 Å². The van der Waals surface area contributed by atoms with Gasteiger partial charge < -0.3 is 14.7 Å². The number of hydrogen-bond acceptors (Lipinski definition) is 5. The van der Waals surface area contributed by atoms with Gasteiger partial charge in [-0.15, -0.1) is 0 Å². The molecule has 2 aliphatic heterocycles. The van der Waals surface area contributed by atoms with E-state index in [1.165, 1.54) is 13.2 Å². The number of thioether (sulfide) groups is 1. The maximum atomic E-state index is 14.1. The lowest BCUT2D eigenvalue weighted by Gasteiger charge is -2.41. The van der Waals surface area contributed by atoms with Gasteiger partial charge in [0, 0.05) is 49.8 Å². The van der Waals surface area contributed by atoms with E-state index in [9.17, 15) is 14.3 Å². The smallest absolute Gasteiger partial charge is 0.256 e. The number of nitrogens with zero attached hydrogens (tertiary/aromatic N) is 2. The minimum Gasteiger partial charge on any atom is -0.497 e. The third-order valence-corrected chi connectivity index (χ3v) is 5.85. The molecule has 3 rings (SSSR count). The molecule has 7 heteroatoms. The van der Waals surface area contributed by atoms with Crippen LogP contribution in [0.4, 0.5) is 4.39 Å². The van der Waals surface area contributed by atoms with E-state index < -0.39 is 5.60 Å². The number of benzene rings is 1. The van der Waals surface area contributed by atoms with E-state index in [0.717, 1.165) is 31.0 Å². The van der Waals surface area contributed by atoms with Crippen molar-refractivity contribution in [1.82, 2.24) is 9.80 Å². The number of carbonyl (C=O) groups excluding carboxylic acids is 1. The molecular weight excluding hydrogens is 343 g/mol. The van der Waals surface area contributed by atoms with Crippen LogP contribution < -0.4 is 4.74 Å². The number of likely N-dealkylation sites (tertiary alicyclic amines) is 1. The first-order chi connectivity index (χ1) is 12.0. The number of β-amino-alcohol motifs (C(OH)–C–C–N with tert-alkyl or cyclic N) is 1. The van der Waals surface area contributed by atoms with Crippen molar-refractivity contribution in [1.29, 1.82) is 0 Å². The van der Waals surface area contributed by atoms with Gasteiger partial charge in [-0.1, -0.05) is 0 Å². The molecule has 1 aromatic rings. The molecule has 2 aliphatic rings. The van der Waals surface area contributed by atoms with Crippen LogP contribution in [0.2, 0.25) is 0 Å². The van der Waals surface area contributed by atoms with E-state index in [0.29, 0.717) is 30.8 Å². The molecule has 2 fully saturated rings. The molecule has 1 atom stereocenters. The summed E-state index contributed by atoms with van der Waals surface area (Å²) in [6.07, 6.45) is 1.18. The van der Waals surface area contributed by atoms with Crippen molar-refractivity contribution in [3.05, 3.63) is 29.6 Å². The number of piperidine rings is 1. The molecule has 0 bridgehead atoms. The Labute approximate surface area is 152 Å². The molecule has 0 saturated carbocycles. The van der Waals surface area contributed by atoms with Crippen LogP contribution in [0.15, 0.2) is 18.2 Å². The Morgan fingerprint density at radius 2 is 2.08 bits per heavy atom. The molecule has 0 spiro atoms. The number of ether oxygens (including phenoxy) is 1. The van der Waals surface area contributed by atoms with Crippen molar-refractivity contribution < 1.29 is 19.0 Å². The second-order valence-corrected chi connectivity index (χ2v) is 7.93. The Morgan fingerprint density at radius 1 is 1.32 bits per heavy atom. The van der Waals surface area contributed by atoms with Crippen LogP contribution in [0.1, 0.15) is 18.4 Å². The highest BCUT2D eigenvalue weighted by Crippen LogP contribution is 2.27. The topological polar surface area (TPSA) is 53.0 Å². The summed E-state index contributed by atoms with van der Waals surface area (Å²) in [6.45, 7) is 2.84. The first-order valence-corrected chi connectivity index (χ1v) is 9.81. The Kier molecular flexibility index (Phi) is 5.86. The molecule has 1 aromatic carbocycles. The first kappa shape index (κ1) is 18.5. The van der Waals surface area contributed by atoms with Crippen molar-refractivity contribution in [2.75, 3.05) is 44.8 Å². The molecule has 0 aliphatic carbocycles. The van der Waals surface area contributed by atoms with Crippen LogP contribution >= 0.6 is 11.8 Å². The minimum atomic E-state index is -1.37. The summed E-state index contributed by atoms with van der Waals surface area (Å²) in [7, 11) is 1.53. The van der Waals surface area contributed by atoms with Gasteiger partial charge in [0.15, 0.2) is 5.60 Å². The summed E-state index contributed by atoms with van der Waals surface area (Å²) in [6, 6.07) is 4.51.